The quantitative estimate of drug-likeness (QED) is 0.817. The number of carbonyl (C=O) groups excluding carboxylic acids is 1. The predicted octanol–water partition coefficient (Wildman–Crippen LogP) is 2.64. The summed E-state index contributed by atoms with van der Waals surface area (Å²) in [6.07, 6.45) is 5.47. The minimum Gasteiger partial charge on any atom is -0.468 e. The van der Waals surface area contributed by atoms with Crippen molar-refractivity contribution in [1.82, 2.24) is 10.3 Å². The molecule has 1 N–H and O–H groups in total. The standard InChI is InChI=1S/C15H22N2O2S/c1-3-9-17-15(14(18)19-2)8-7-12(11-15)20-13-6-4-5-10-16-13/h4-6,10,12,17H,3,7-9,11H2,1-2H3. The van der Waals surface area contributed by atoms with E-state index < -0.39 is 5.54 Å². The monoisotopic (exact) mass is 294 g/mol. The summed E-state index contributed by atoms with van der Waals surface area (Å²) in [6.45, 7) is 2.95. The van der Waals surface area contributed by atoms with Gasteiger partial charge in [-0.25, -0.2) is 4.98 Å². The number of hydrogen-bond acceptors (Lipinski definition) is 5. The molecule has 0 aromatic carbocycles. The van der Waals surface area contributed by atoms with Crippen molar-refractivity contribution in [3.63, 3.8) is 0 Å². The average Bonchev–Trinajstić information content (AvgIpc) is 2.90. The van der Waals surface area contributed by atoms with Gasteiger partial charge in [0.25, 0.3) is 0 Å². The van der Waals surface area contributed by atoms with E-state index in [1.807, 2.05) is 18.2 Å². The van der Waals surface area contributed by atoms with Crippen LogP contribution in [-0.2, 0) is 9.53 Å². The summed E-state index contributed by atoms with van der Waals surface area (Å²) in [6, 6.07) is 5.93. The Labute approximate surface area is 124 Å². The van der Waals surface area contributed by atoms with Gasteiger partial charge >= 0.3 is 5.97 Å². The summed E-state index contributed by atoms with van der Waals surface area (Å²) in [5.41, 5.74) is -0.503. The van der Waals surface area contributed by atoms with Gasteiger partial charge in [0.1, 0.15) is 5.54 Å². The molecule has 0 saturated heterocycles. The molecule has 1 aromatic rings. The third-order valence-electron chi connectivity index (χ3n) is 3.68. The van der Waals surface area contributed by atoms with Crippen molar-refractivity contribution >= 4 is 17.7 Å². The van der Waals surface area contributed by atoms with Gasteiger partial charge in [0, 0.05) is 11.4 Å². The molecule has 1 aliphatic carbocycles. The van der Waals surface area contributed by atoms with E-state index in [9.17, 15) is 4.79 Å². The van der Waals surface area contributed by atoms with Crippen LogP contribution in [0.15, 0.2) is 29.4 Å². The highest BCUT2D eigenvalue weighted by Crippen LogP contribution is 2.40. The van der Waals surface area contributed by atoms with E-state index in [0.717, 1.165) is 37.3 Å². The van der Waals surface area contributed by atoms with Crippen molar-refractivity contribution in [1.29, 1.82) is 0 Å². The van der Waals surface area contributed by atoms with Crippen molar-refractivity contribution in [2.75, 3.05) is 13.7 Å². The number of aromatic nitrogens is 1. The van der Waals surface area contributed by atoms with E-state index in [1.54, 1.807) is 18.0 Å². The lowest BCUT2D eigenvalue weighted by Gasteiger charge is -2.27. The van der Waals surface area contributed by atoms with Crippen molar-refractivity contribution in [2.45, 2.75) is 48.4 Å². The maximum Gasteiger partial charge on any atom is 0.326 e. The summed E-state index contributed by atoms with van der Waals surface area (Å²) in [5, 5.41) is 4.84. The number of methoxy groups -OCH3 is 1. The van der Waals surface area contributed by atoms with Crippen LogP contribution in [-0.4, -0.2) is 35.4 Å². The summed E-state index contributed by atoms with van der Waals surface area (Å²) >= 11 is 1.76. The van der Waals surface area contributed by atoms with E-state index in [-0.39, 0.29) is 5.97 Å². The molecule has 0 bridgehead atoms. The molecule has 2 unspecified atom stereocenters. The van der Waals surface area contributed by atoms with E-state index in [1.165, 1.54) is 7.11 Å². The third kappa shape index (κ3) is 3.52. The van der Waals surface area contributed by atoms with Crippen molar-refractivity contribution in [3.05, 3.63) is 24.4 Å². The Balaban J connectivity index is 2.01. The highest BCUT2D eigenvalue weighted by atomic mass is 32.2. The van der Waals surface area contributed by atoms with Crippen LogP contribution < -0.4 is 5.32 Å². The largest absolute Gasteiger partial charge is 0.468 e. The zero-order valence-corrected chi connectivity index (χ0v) is 12.9. The van der Waals surface area contributed by atoms with Crippen molar-refractivity contribution < 1.29 is 9.53 Å². The molecule has 1 saturated carbocycles. The first-order valence-electron chi connectivity index (χ1n) is 7.11. The maximum atomic E-state index is 12.1. The van der Waals surface area contributed by atoms with Crippen LogP contribution in [0.1, 0.15) is 32.6 Å². The summed E-state index contributed by atoms with van der Waals surface area (Å²) in [4.78, 5) is 16.5. The zero-order chi connectivity index (χ0) is 14.4. The van der Waals surface area contributed by atoms with Gasteiger partial charge in [0.2, 0.25) is 0 Å². The van der Waals surface area contributed by atoms with Crippen LogP contribution in [0.5, 0.6) is 0 Å². The molecule has 2 rings (SSSR count). The van der Waals surface area contributed by atoms with Gasteiger partial charge in [-0.1, -0.05) is 13.0 Å². The second-order valence-corrected chi connectivity index (χ2v) is 6.47. The van der Waals surface area contributed by atoms with Crippen molar-refractivity contribution in [3.8, 4) is 0 Å². The fourth-order valence-corrected chi connectivity index (χ4v) is 3.89. The SMILES string of the molecule is CCCNC1(C(=O)OC)CCC(Sc2ccccn2)C1. The topological polar surface area (TPSA) is 51.2 Å². The first-order valence-corrected chi connectivity index (χ1v) is 7.99. The molecule has 1 heterocycles. The van der Waals surface area contributed by atoms with Gasteiger partial charge in [-0.2, -0.15) is 0 Å². The average molecular weight is 294 g/mol. The Bertz CT molecular complexity index is 441. The number of hydrogen-bond donors (Lipinski definition) is 1. The van der Waals surface area contributed by atoms with Gasteiger partial charge < -0.3 is 10.1 Å². The van der Waals surface area contributed by atoms with E-state index >= 15 is 0 Å². The number of carbonyl (C=O) groups is 1. The van der Waals surface area contributed by atoms with Gasteiger partial charge in [-0.05, 0) is 44.4 Å². The molecule has 0 aliphatic heterocycles. The molecule has 1 aromatic heterocycles. The molecule has 1 aliphatic rings. The minimum absolute atomic E-state index is 0.130. The Morgan fingerprint density at radius 2 is 2.45 bits per heavy atom. The van der Waals surface area contributed by atoms with Crippen LogP contribution in [0.3, 0.4) is 0 Å². The number of esters is 1. The van der Waals surface area contributed by atoms with E-state index in [4.69, 9.17) is 4.74 Å². The van der Waals surface area contributed by atoms with Gasteiger partial charge in [0.15, 0.2) is 0 Å². The van der Waals surface area contributed by atoms with Crippen LogP contribution in [0, 0.1) is 0 Å². The highest BCUT2D eigenvalue weighted by molar-refractivity contribution is 7.99. The van der Waals surface area contributed by atoms with E-state index in [0.29, 0.717) is 5.25 Å². The second-order valence-electron chi connectivity index (χ2n) is 5.15. The molecule has 0 spiro atoms. The van der Waals surface area contributed by atoms with E-state index in [2.05, 4.69) is 17.2 Å². The molecule has 2 atom stereocenters. The minimum atomic E-state index is -0.503. The molecule has 0 amide bonds. The van der Waals surface area contributed by atoms with Crippen molar-refractivity contribution in [2.24, 2.45) is 0 Å². The Kier molecular flexibility index (Phi) is 5.43. The Hall–Kier alpha value is -1.07. The van der Waals surface area contributed by atoms with Gasteiger partial charge in [-0.15, -0.1) is 11.8 Å². The summed E-state index contributed by atoms with van der Waals surface area (Å²) < 4.78 is 5.01. The molecular weight excluding hydrogens is 272 g/mol. The summed E-state index contributed by atoms with van der Waals surface area (Å²) in [7, 11) is 1.47. The normalized spacial score (nSPS) is 25.6. The number of nitrogens with zero attached hydrogens (tertiary/aromatic N) is 1. The molecule has 1 fully saturated rings. The smallest absolute Gasteiger partial charge is 0.326 e. The van der Waals surface area contributed by atoms with Crippen LogP contribution >= 0.6 is 11.8 Å². The molecule has 20 heavy (non-hydrogen) atoms. The van der Waals surface area contributed by atoms with Crippen LogP contribution in [0.4, 0.5) is 0 Å². The van der Waals surface area contributed by atoms with Crippen LogP contribution in [0.2, 0.25) is 0 Å². The molecular formula is C15H22N2O2S. The summed E-state index contributed by atoms with van der Waals surface area (Å²) in [5.74, 6) is -0.130. The lowest BCUT2D eigenvalue weighted by molar-refractivity contribution is -0.148. The number of pyridine rings is 1. The van der Waals surface area contributed by atoms with Crippen LogP contribution in [0.25, 0.3) is 0 Å². The zero-order valence-electron chi connectivity index (χ0n) is 12.1. The molecule has 0 radical (unpaired) electrons. The lowest BCUT2D eigenvalue weighted by atomic mass is 9.97. The fraction of sp³-hybridized carbons (Fsp3) is 0.600. The number of nitrogens with one attached hydrogen (secondary N) is 1. The predicted molar refractivity (Wildman–Crippen MR) is 80.8 cm³/mol. The highest BCUT2D eigenvalue weighted by Gasteiger charge is 2.46. The first-order chi connectivity index (χ1) is 9.70. The number of rotatable bonds is 6. The first kappa shape index (κ1) is 15.3. The molecule has 4 nitrogen and oxygen atoms in total. The Morgan fingerprint density at radius 3 is 3.10 bits per heavy atom. The number of thioether (sulfide) groups is 1. The van der Waals surface area contributed by atoms with Gasteiger partial charge in [-0.3, -0.25) is 4.79 Å². The lowest BCUT2D eigenvalue weighted by Crippen LogP contribution is -2.51. The maximum absolute atomic E-state index is 12.1. The fourth-order valence-electron chi connectivity index (χ4n) is 2.67. The third-order valence-corrected chi connectivity index (χ3v) is 4.90. The second kappa shape index (κ2) is 7.09. The number of ether oxygens (including phenoxy) is 1. The molecule has 5 heteroatoms. The van der Waals surface area contributed by atoms with Gasteiger partial charge in [0.05, 0.1) is 12.1 Å². The Morgan fingerprint density at radius 1 is 1.60 bits per heavy atom. The molecule has 110 valence electrons.